The summed E-state index contributed by atoms with van der Waals surface area (Å²) in [7, 11) is 0. The third-order valence-corrected chi connectivity index (χ3v) is 2.23. The highest BCUT2D eigenvalue weighted by Crippen LogP contribution is 2.23. The van der Waals surface area contributed by atoms with Crippen molar-refractivity contribution < 1.29 is 4.42 Å². The van der Waals surface area contributed by atoms with Gasteiger partial charge in [0, 0.05) is 11.5 Å². The molecule has 3 heteroatoms. The van der Waals surface area contributed by atoms with E-state index in [2.05, 4.69) is 0 Å². The van der Waals surface area contributed by atoms with E-state index in [1.165, 1.54) is 6.07 Å². The minimum atomic E-state index is -0.410. The molecule has 0 aliphatic rings. The number of hydrogen-bond acceptors (Lipinski definition) is 2. The van der Waals surface area contributed by atoms with Crippen LogP contribution in [0.5, 0.6) is 0 Å². The van der Waals surface area contributed by atoms with Crippen molar-refractivity contribution in [3.8, 4) is 0 Å². The fourth-order valence-electron chi connectivity index (χ4n) is 1.29. The highest BCUT2D eigenvalue weighted by atomic mass is 35.5. The van der Waals surface area contributed by atoms with Crippen molar-refractivity contribution in [1.82, 2.24) is 0 Å². The maximum Gasteiger partial charge on any atom is 0.337 e. The maximum absolute atomic E-state index is 11.0. The van der Waals surface area contributed by atoms with Crippen molar-refractivity contribution in [2.24, 2.45) is 0 Å². The van der Waals surface area contributed by atoms with Crippen molar-refractivity contribution in [1.29, 1.82) is 0 Å². The molecule has 0 aliphatic carbocycles. The molecule has 0 saturated heterocycles. The molecule has 0 radical (unpaired) electrons. The molecule has 1 aromatic carbocycles. The Morgan fingerprint density at radius 3 is 2.92 bits per heavy atom. The zero-order valence-electron chi connectivity index (χ0n) is 7.00. The summed E-state index contributed by atoms with van der Waals surface area (Å²) in [5.41, 5.74) is 1.07. The summed E-state index contributed by atoms with van der Waals surface area (Å²) >= 11 is 5.87. The Morgan fingerprint density at radius 2 is 2.15 bits per heavy atom. The molecule has 0 saturated carbocycles. The molecule has 0 aliphatic heterocycles. The zero-order valence-corrected chi connectivity index (χ0v) is 7.76. The lowest BCUT2D eigenvalue weighted by Crippen LogP contribution is -1.96. The molecule has 1 aromatic heterocycles. The van der Waals surface area contributed by atoms with Gasteiger partial charge in [-0.25, -0.2) is 4.79 Å². The first-order valence-corrected chi connectivity index (χ1v) is 4.25. The molecular formula is C10H7ClO2. The van der Waals surface area contributed by atoms with Gasteiger partial charge in [-0.05, 0) is 18.6 Å². The Hall–Kier alpha value is -1.28. The van der Waals surface area contributed by atoms with Gasteiger partial charge in [0.1, 0.15) is 5.58 Å². The van der Waals surface area contributed by atoms with Crippen LogP contribution in [0.2, 0.25) is 5.02 Å². The van der Waals surface area contributed by atoms with Crippen molar-refractivity contribution >= 4 is 22.6 Å². The maximum atomic E-state index is 11.0. The zero-order chi connectivity index (χ0) is 9.42. The highest BCUT2D eigenvalue weighted by molar-refractivity contribution is 6.35. The molecule has 66 valence electrons. The summed E-state index contributed by atoms with van der Waals surface area (Å²) in [6.45, 7) is 1.88. The van der Waals surface area contributed by atoms with E-state index in [1.54, 1.807) is 0 Å². The van der Waals surface area contributed by atoms with Gasteiger partial charge in [-0.1, -0.05) is 23.7 Å². The number of rotatable bonds is 0. The van der Waals surface area contributed by atoms with Crippen LogP contribution in [0.4, 0.5) is 0 Å². The predicted molar refractivity (Wildman–Crippen MR) is 52.2 cm³/mol. The van der Waals surface area contributed by atoms with Gasteiger partial charge >= 0.3 is 5.63 Å². The van der Waals surface area contributed by atoms with E-state index in [1.807, 2.05) is 25.1 Å². The third-order valence-electron chi connectivity index (χ3n) is 1.92. The molecule has 0 atom stereocenters. The average Bonchev–Trinajstić information content (AvgIpc) is 2.07. The van der Waals surface area contributed by atoms with Crippen molar-refractivity contribution in [3.05, 3.63) is 45.3 Å². The summed E-state index contributed by atoms with van der Waals surface area (Å²) < 4.78 is 5.03. The fraction of sp³-hybridized carbons (Fsp3) is 0.100. The highest BCUT2D eigenvalue weighted by Gasteiger charge is 2.04. The van der Waals surface area contributed by atoms with E-state index in [9.17, 15) is 4.79 Å². The topological polar surface area (TPSA) is 30.2 Å². The molecule has 0 fully saturated rings. The van der Waals surface area contributed by atoms with Crippen molar-refractivity contribution in [2.45, 2.75) is 6.92 Å². The number of hydrogen-bond donors (Lipinski definition) is 0. The predicted octanol–water partition coefficient (Wildman–Crippen LogP) is 2.75. The Bertz CT molecular complexity index is 514. The molecule has 2 rings (SSSR count). The van der Waals surface area contributed by atoms with Crippen LogP contribution in [-0.2, 0) is 0 Å². The number of benzene rings is 1. The fourth-order valence-corrected chi connectivity index (χ4v) is 1.53. The number of aryl methyl sites for hydroxylation is 1. The number of para-hydroxylation sites is 1. The van der Waals surface area contributed by atoms with Gasteiger partial charge < -0.3 is 4.42 Å². The summed E-state index contributed by atoms with van der Waals surface area (Å²) in [4.78, 5) is 11.0. The van der Waals surface area contributed by atoms with Gasteiger partial charge in [-0.15, -0.1) is 0 Å². The van der Waals surface area contributed by atoms with E-state index in [0.717, 1.165) is 10.9 Å². The first-order chi connectivity index (χ1) is 6.18. The molecule has 2 aromatic rings. The van der Waals surface area contributed by atoms with E-state index >= 15 is 0 Å². The standard InChI is InChI=1S/C10H7ClO2/c1-6-3-2-4-7-8(11)5-9(12)13-10(6)7/h2-5H,1H3. The van der Waals surface area contributed by atoms with E-state index in [0.29, 0.717) is 10.6 Å². The quantitative estimate of drug-likeness (QED) is 0.604. The normalized spacial score (nSPS) is 10.6. The summed E-state index contributed by atoms with van der Waals surface area (Å²) in [6, 6.07) is 6.86. The Kier molecular flexibility index (Phi) is 1.85. The first-order valence-electron chi connectivity index (χ1n) is 3.87. The summed E-state index contributed by atoms with van der Waals surface area (Å²) in [5.74, 6) is 0. The molecule has 1 heterocycles. The SMILES string of the molecule is Cc1cccc2c(Cl)cc(=O)oc12. The van der Waals surface area contributed by atoms with E-state index < -0.39 is 5.63 Å². The average molecular weight is 195 g/mol. The molecular weight excluding hydrogens is 188 g/mol. The minimum absolute atomic E-state index is 0.410. The second-order valence-corrected chi connectivity index (χ2v) is 3.27. The van der Waals surface area contributed by atoms with Crippen LogP contribution in [0.1, 0.15) is 5.56 Å². The second kappa shape index (κ2) is 2.89. The lowest BCUT2D eigenvalue weighted by Gasteiger charge is -2.00. The van der Waals surface area contributed by atoms with Crippen LogP contribution in [0, 0.1) is 6.92 Å². The molecule has 0 bridgehead atoms. The second-order valence-electron chi connectivity index (χ2n) is 2.86. The third kappa shape index (κ3) is 1.33. The lowest BCUT2D eigenvalue weighted by atomic mass is 10.1. The van der Waals surface area contributed by atoms with Crippen molar-refractivity contribution in [2.75, 3.05) is 0 Å². The Labute approximate surface area is 79.7 Å². The Balaban J connectivity index is 3.03. The molecule has 0 unspecified atom stereocenters. The molecule has 0 N–H and O–H groups in total. The van der Waals surface area contributed by atoms with Gasteiger partial charge in [0.2, 0.25) is 0 Å². The molecule has 13 heavy (non-hydrogen) atoms. The lowest BCUT2D eigenvalue weighted by molar-refractivity contribution is 0.559. The van der Waals surface area contributed by atoms with E-state index in [-0.39, 0.29) is 0 Å². The smallest absolute Gasteiger partial charge is 0.337 e. The van der Waals surface area contributed by atoms with Crippen LogP contribution < -0.4 is 5.63 Å². The molecule has 0 spiro atoms. The Morgan fingerprint density at radius 1 is 1.38 bits per heavy atom. The molecule has 2 nitrogen and oxygen atoms in total. The summed E-state index contributed by atoms with van der Waals surface area (Å²) in [6.07, 6.45) is 0. The largest absolute Gasteiger partial charge is 0.422 e. The van der Waals surface area contributed by atoms with Gasteiger partial charge in [-0.2, -0.15) is 0 Å². The van der Waals surface area contributed by atoms with Crippen LogP contribution in [0.15, 0.2) is 33.5 Å². The van der Waals surface area contributed by atoms with Crippen molar-refractivity contribution in [3.63, 3.8) is 0 Å². The van der Waals surface area contributed by atoms with Gasteiger partial charge in [0.15, 0.2) is 0 Å². The monoisotopic (exact) mass is 194 g/mol. The van der Waals surface area contributed by atoms with Gasteiger partial charge in [0.05, 0.1) is 5.02 Å². The van der Waals surface area contributed by atoms with Gasteiger partial charge in [-0.3, -0.25) is 0 Å². The van der Waals surface area contributed by atoms with Gasteiger partial charge in [0.25, 0.3) is 0 Å². The minimum Gasteiger partial charge on any atom is -0.422 e. The number of halogens is 1. The van der Waals surface area contributed by atoms with Crippen LogP contribution in [0.3, 0.4) is 0 Å². The van der Waals surface area contributed by atoms with E-state index in [4.69, 9.17) is 16.0 Å². The van der Waals surface area contributed by atoms with Crippen LogP contribution in [0.25, 0.3) is 11.0 Å². The first kappa shape index (κ1) is 8.32. The number of fused-ring (bicyclic) bond motifs is 1. The van der Waals surface area contributed by atoms with Crippen LogP contribution in [-0.4, -0.2) is 0 Å². The molecule has 0 amide bonds. The van der Waals surface area contributed by atoms with Crippen LogP contribution >= 0.6 is 11.6 Å². The summed E-state index contributed by atoms with van der Waals surface area (Å²) in [5, 5.41) is 1.22.